The Hall–Kier alpha value is -2.28. The molecule has 1 aromatic rings. The number of nitrogens with one attached hydrogen (secondary N) is 1. The first kappa shape index (κ1) is 18.8. The Kier molecular flexibility index (Phi) is 6.38. The smallest absolute Gasteiger partial charge is 0.258 e. The lowest BCUT2D eigenvalue weighted by molar-refractivity contribution is -0.134. The molecule has 1 aromatic carbocycles. The number of benzene rings is 1. The van der Waals surface area contributed by atoms with Crippen LogP contribution in [0.4, 0.5) is 0 Å². The predicted molar refractivity (Wildman–Crippen MR) is 86.1 cm³/mol. The average molecular weight is 342 g/mol. The lowest BCUT2D eigenvalue weighted by atomic mass is 10.0. The van der Waals surface area contributed by atoms with Crippen molar-refractivity contribution in [3.63, 3.8) is 0 Å². The van der Waals surface area contributed by atoms with Crippen molar-refractivity contribution in [3.05, 3.63) is 28.3 Å². The van der Waals surface area contributed by atoms with E-state index in [4.69, 9.17) is 27.8 Å². The molecule has 7 nitrogen and oxygen atoms in total. The zero-order valence-corrected chi connectivity index (χ0v) is 13.9. The maximum Gasteiger partial charge on any atom is 0.258 e. The highest BCUT2D eigenvalue weighted by Crippen LogP contribution is 2.31. The fourth-order valence-corrected chi connectivity index (χ4v) is 2.05. The number of nitrogens with two attached hydrogens (primary N) is 2. The van der Waals surface area contributed by atoms with E-state index in [1.165, 1.54) is 0 Å². The molecule has 0 aliphatic carbocycles. The number of halogens is 1. The molecule has 0 fully saturated rings. The highest BCUT2D eigenvalue weighted by atomic mass is 35.5. The number of rotatable bonds is 7. The average Bonchev–Trinajstić information content (AvgIpc) is 2.44. The minimum atomic E-state index is -1.57. The van der Waals surface area contributed by atoms with Crippen LogP contribution in [0, 0.1) is 6.92 Å². The Morgan fingerprint density at radius 1 is 1.22 bits per heavy atom. The molecular weight excluding hydrogens is 322 g/mol. The van der Waals surface area contributed by atoms with Crippen LogP contribution in [0.3, 0.4) is 0 Å². The van der Waals surface area contributed by atoms with Crippen molar-refractivity contribution in [2.75, 3.05) is 6.61 Å². The second kappa shape index (κ2) is 7.82. The highest BCUT2D eigenvalue weighted by Gasteiger charge is 2.24. The second-order valence-corrected chi connectivity index (χ2v) is 5.80. The van der Waals surface area contributed by atoms with Gasteiger partial charge >= 0.3 is 0 Å². The third kappa shape index (κ3) is 5.14. The van der Waals surface area contributed by atoms with Gasteiger partial charge in [-0.2, -0.15) is 0 Å². The summed E-state index contributed by atoms with van der Waals surface area (Å²) in [7, 11) is 0. The van der Waals surface area contributed by atoms with Gasteiger partial charge in [-0.15, -0.1) is 0 Å². The second-order valence-electron chi connectivity index (χ2n) is 5.39. The molecule has 3 amide bonds. The van der Waals surface area contributed by atoms with Crippen molar-refractivity contribution >= 4 is 29.3 Å². The molecule has 0 saturated carbocycles. The van der Waals surface area contributed by atoms with Crippen molar-refractivity contribution in [1.82, 2.24) is 5.32 Å². The molecule has 0 bridgehead atoms. The summed E-state index contributed by atoms with van der Waals surface area (Å²) in [5.74, 6) is -2.11. The lowest BCUT2D eigenvalue weighted by Gasteiger charge is -2.17. The van der Waals surface area contributed by atoms with Crippen LogP contribution in [0.15, 0.2) is 12.1 Å². The van der Waals surface area contributed by atoms with Gasteiger partial charge in [0.05, 0.1) is 0 Å². The molecule has 0 saturated heterocycles. The number of amides is 3. The molecule has 0 aromatic heterocycles. The molecule has 23 heavy (non-hydrogen) atoms. The SMILES string of the molecule is Cc1cc(OCC(=O)NC(C(N)=O)C(N)=O)c(C(C)C)cc1Cl. The van der Waals surface area contributed by atoms with E-state index in [2.05, 4.69) is 5.32 Å². The van der Waals surface area contributed by atoms with Crippen LogP contribution in [0.25, 0.3) is 0 Å². The largest absolute Gasteiger partial charge is 0.483 e. The molecule has 126 valence electrons. The third-order valence-corrected chi connectivity index (χ3v) is 3.55. The molecule has 5 N–H and O–H groups in total. The highest BCUT2D eigenvalue weighted by molar-refractivity contribution is 6.31. The van der Waals surface area contributed by atoms with E-state index in [0.717, 1.165) is 11.1 Å². The fraction of sp³-hybridized carbons (Fsp3) is 0.400. The number of carbonyl (C=O) groups is 3. The molecule has 0 radical (unpaired) electrons. The zero-order chi connectivity index (χ0) is 17.7. The van der Waals surface area contributed by atoms with Gasteiger partial charge in [0.1, 0.15) is 5.75 Å². The van der Waals surface area contributed by atoms with Gasteiger partial charge in [0.2, 0.25) is 11.8 Å². The van der Waals surface area contributed by atoms with E-state index in [0.29, 0.717) is 10.8 Å². The summed E-state index contributed by atoms with van der Waals surface area (Å²) in [5, 5.41) is 2.73. The monoisotopic (exact) mass is 341 g/mol. The van der Waals surface area contributed by atoms with Gasteiger partial charge in [-0.3, -0.25) is 14.4 Å². The van der Waals surface area contributed by atoms with Crippen LogP contribution < -0.4 is 21.5 Å². The molecule has 0 aliphatic heterocycles. The summed E-state index contributed by atoms with van der Waals surface area (Å²) in [5.41, 5.74) is 11.6. The summed E-state index contributed by atoms with van der Waals surface area (Å²) < 4.78 is 5.48. The number of aryl methyl sites for hydroxylation is 1. The third-order valence-electron chi connectivity index (χ3n) is 3.15. The van der Waals surface area contributed by atoms with Crippen LogP contribution in [-0.2, 0) is 14.4 Å². The minimum Gasteiger partial charge on any atom is -0.483 e. The van der Waals surface area contributed by atoms with Crippen LogP contribution in [-0.4, -0.2) is 30.4 Å². The topological polar surface area (TPSA) is 125 Å². The van der Waals surface area contributed by atoms with Crippen molar-refractivity contribution in [2.45, 2.75) is 32.7 Å². The van der Waals surface area contributed by atoms with Gasteiger partial charge in [0.25, 0.3) is 5.91 Å². The van der Waals surface area contributed by atoms with Gasteiger partial charge in [0.15, 0.2) is 12.6 Å². The Morgan fingerprint density at radius 3 is 2.26 bits per heavy atom. The van der Waals surface area contributed by atoms with E-state index in [-0.39, 0.29) is 5.92 Å². The molecule has 0 atom stereocenters. The van der Waals surface area contributed by atoms with E-state index < -0.39 is 30.4 Å². The molecule has 0 aliphatic rings. The Bertz CT molecular complexity index is 617. The Morgan fingerprint density at radius 2 is 1.78 bits per heavy atom. The standard InChI is InChI=1S/C15H20ClN3O4/c1-7(2)9-5-10(16)8(3)4-11(9)23-6-12(20)19-13(14(17)21)15(18)22/h4-5,7,13H,6H2,1-3H3,(H2,17,21)(H2,18,22)(H,19,20). The van der Waals surface area contributed by atoms with E-state index >= 15 is 0 Å². The fourth-order valence-electron chi connectivity index (χ4n) is 1.88. The molecule has 0 spiro atoms. The number of hydrogen-bond acceptors (Lipinski definition) is 4. The van der Waals surface area contributed by atoms with Crippen LogP contribution >= 0.6 is 11.6 Å². The van der Waals surface area contributed by atoms with Gasteiger partial charge in [-0.1, -0.05) is 25.4 Å². The van der Waals surface area contributed by atoms with Gasteiger partial charge in [-0.25, -0.2) is 0 Å². The van der Waals surface area contributed by atoms with Gasteiger partial charge < -0.3 is 21.5 Å². The van der Waals surface area contributed by atoms with Crippen LogP contribution in [0.2, 0.25) is 5.02 Å². The number of hydrogen-bond donors (Lipinski definition) is 3. The Balaban J connectivity index is 2.82. The van der Waals surface area contributed by atoms with Crippen LogP contribution in [0.5, 0.6) is 5.75 Å². The summed E-state index contributed by atoms with van der Waals surface area (Å²) >= 11 is 6.09. The van der Waals surface area contributed by atoms with Crippen molar-refractivity contribution in [2.24, 2.45) is 11.5 Å². The molecule has 0 heterocycles. The minimum absolute atomic E-state index is 0.134. The van der Waals surface area contributed by atoms with Gasteiger partial charge in [0, 0.05) is 5.02 Å². The number of primary amides is 2. The van der Waals surface area contributed by atoms with Gasteiger partial charge in [-0.05, 0) is 36.1 Å². The summed E-state index contributed by atoms with van der Waals surface area (Å²) in [6.45, 7) is 5.35. The molecule has 8 heteroatoms. The maximum absolute atomic E-state index is 11.8. The lowest BCUT2D eigenvalue weighted by Crippen LogP contribution is -2.53. The van der Waals surface area contributed by atoms with E-state index in [9.17, 15) is 14.4 Å². The normalized spacial score (nSPS) is 10.7. The van der Waals surface area contributed by atoms with Crippen molar-refractivity contribution in [1.29, 1.82) is 0 Å². The summed E-state index contributed by atoms with van der Waals surface area (Å²) in [4.78, 5) is 33.8. The van der Waals surface area contributed by atoms with Crippen molar-refractivity contribution in [3.8, 4) is 5.75 Å². The predicted octanol–water partition coefficient (Wildman–Crippen LogP) is 0.606. The van der Waals surface area contributed by atoms with E-state index in [1.54, 1.807) is 12.1 Å². The quantitative estimate of drug-likeness (QED) is 0.628. The van der Waals surface area contributed by atoms with Crippen molar-refractivity contribution < 1.29 is 19.1 Å². The number of ether oxygens (including phenoxy) is 1. The number of carbonyl (C=O) groups excluding carboxylic acids is 3. The van der Waals surface area contributed by atoms with E-state index in [1.807, 2.05) is 20.8 Å². The molecular formula is C15H20ClN3O4. The first-order valence-corrected chi connectivity index (χ1v) is 7.32. The Labute approximate surface area is 139 Å². The first-order valence-electron chi connectivity index (χ1n) is 6.94. The first-order chi connectivity index (χ1) is 10.6. The summed E-state index contributed by atoms with van der Waals surface area (Å²) in [6.07, 6.45) is 0. The zero-order valence-electron chi connectivity index (χ0n) is 13.2. The van der Waals surface area contributed by atoms with Crippen LogP contribution in [0.1, 0.15) is 30.9 Å². The maximum atomic E-state index is 11.8. The summed E-state index contributed by atoms with van der Waals surface area (Å²) in [6, 6.07) is 1.94. The molecule has 1 rings (SSSR count). The molecule has 0 unspecified atom stereocenters.